The van der Waals surface area contributed by atoms with E-state index in [2.05, 4.69) is 0 Å². The largest absolute Gasteiger partial charge is 0.417 e. The fourth-order valence-corrected chi connectivity index (χ4v) is 2.30. The summed E-state index contributed by atoms with van der Waals surface area (Å²) in [5.41, 5.74) is 0.621. The summed E-state index contributed by atoms with van der Waals surface area (Å²) in [4.78, 5) is 25.3. The lowest BCUT2D eigenvalue weighted by molar-refractivity contribution is 0.0527. The zero-order valence-electron chi connectivity index (χ0n) is 11.0. The molecule has 1 aliphatic heterocycles. The molecule has 0 bridgehead atoms. The van der Waals surface area contributed by atoms with Gasteiger partial charge in [-0.25, -0.2) is 9.59 Å². The molecule has 0 radical (unpaired) electrons. The van der Waals surface area contributed by atoms with Crippen molar-refractivity contribution in [2.24, 2.45) is 0 Å². The summed E-state index contributed by atoms with van der Waals surface area (Å²) in [7, 11) is 0. The summed E-state index contributed by atoms with van der Waals surface area (Å²) in [5, 5.41) is 9.24. The normalized spacial score (nSPS) is 15.0. The quantitative estimate of drug-likeness (QED) is 0.673. The number of hydrogen-bond acceptors (Lipinski definition) is 4. The monoisotopic (exact) mass is 297 g/mol. The lowest BCUT2D eigenvalue weighted by Crippen LogP contribution is -2.37. The number of carbonyl (C=O) groups is 2. The Morgan fingerprint density at radius 3 is 2.60 bits per heavy atom. The second-order valence-corrected chi connectivity index (χ2v) is 5.08. The first-order chi connectivity index (χ1) is 9.61. The van der Waals surface area contributed by atoms with E-state index in [1.807, 2.05) is 0 Å². The fourth-order valence-electron chi connectivity index (χ4n) is 2.10. The van der Waals surface area contributed by atoms with Crippen LogP contribution in [0.2, 0.25) is 5.02 Å². The van der Waals surface area contributed by atoms with Crippen molar-refractivity contribution in [3.05, 3.63) is 34.3 Å². The molecule has 0 unspecified atom stereocenters. The topological polar surface area (TPSA) is 66.8 Å². The van der Waals surface area contributed by atoms with Crippen LogP contribution in [0.25, 0.3) is 0 Å². The first-order valence-corrected chi connectivity index (χ1v) is 6.90. The molecule has 1 saturated heterocycles. The average molecular weight is 298 g/mol. The Labute approximate surface area is 122 Å². The molecule has 5 nitrogen and oxygen atoms in total. The molecule has 0 saturated carbocycles. The minimum atomic E-state index is -0.791. The molecule has 1 fully saturated rings. The highest BCUT2D eigenvalue weighted by Crippen LogP contribution is 2.19. The Morgan fingerprint density at radius 1 is 1.25 bits per heavy atom. The molecule has 6 heteroatoms. The average Bonchev–Trinajstić information content (AvgIpc) is 2.48. The maximum atomic E-state index is 12.0. The van der Waals surface area contributed by atoms with Gasteiger partial charge in [0, 0.05) is 13.1 Å². The number of aliphatic hydroxyl groups is 1. The van der Waals surface area contributed by atoms with Crippen molar-refractivity contribution in [1.29, 1.82) is 0 Å². The summed E-state index contributed by atoms with van der Waals surface area (Å²) >= 11 is 5.91. The van der Waals surface area contributed by atoms with Gasteiger partial charge >= 0.3 is 12.1 Å². The number of piperidine rings is 1. The van der Waals surface area contributed by atoms with E-state index in [0.717, 1.165) is 19.3 Å². The number of likely N-dealkylation sites (tertiary alicyclic amines) is 1. The maximum absolute atomic E-state index is 12.0. The number of amides is 1. The van der Waals surface area contributed by atoms with Crippen molar-refractivity contribution in [3.63, 3.8) is 0 Å². The van der Waals surface area contributed by atoms with Crippen molar-refractivity contribution in [2.45, 2.75) is 25.9 Å². The predicted molar refractivity (Wildman–Crippen MR) is 73.6 cm³/mol. The predicted octanol–water partition coefficient (Wildman–Crippen LogP) is 2.60. The molecule has 20 heavy (non-hydrogen) atoms. The summed E-state index contributed by atoms with van der Waals surface area (Å²) in [6.07, 6.45) is 2.29. The summed E-state index contributed by atoms with van der Waals surface area (Å²) in [5.74, 6) is -0.791. The lowest BCUT2D eigenvalue weighted by atomic mass is 10.1. The van der Waals surface area contributed by atoms with Crippen LogP contribution < -0.4 is 0 Å². The van der Waals surface area contributed by atoms with Gasteiger partial charge in [0.25, 0.3) is 0 Å². The fraction of sp³-hybridized carbons (Fsp3) is 0.429. The van der Waals surface area contributed by atoms with Gasteiger partial charge in [-0.1, -0.05) is 17.7 Å². The molecule has 0 aliphatic carbocycles. The highest BCUT2D eigenvalue weighted by molar-refractivity contribution is 6.33. The molecule has 1 heterocycles. The van der Waals surface area contributed by atoms with Crippen LogP contribution in [0, 0.1) is 0 Å². The second-order valence-electron chi connectivity index (χ2n) is 4.68. The van der Waals surface area contributed by atoms with Gasteiger partial charge in [-0.3, -0.25) is 0 Å². The molecule has 1 aromatic carbocycles. The van der Waals surface area contributed by atoms with Gasteiger partial charge in [-0.2, -0.15) is 0 Å². The van der Waals surface area contributed by atoms with Crippen LogP contribution in [0.15, 0.2) is 18.2 Å². The molecule has 1 N–H and O–H groups in total. The van der Waals surface area contributed by atoms with E-state index in [4.69, 9.17) is 21.4 Å². The van der Waals surface area contributed by atoms with Crippen LogP contribution >= 0.6 is 11.6 Å². The van der Waals surface area contributed by atoms with Crippen molar-refractivity contribution in [2.75, 3.05) is 13.1 Å². The second kappa shape index (κ2) is 6.72. The molecular formula is C14H16ClNO4. The highest BCUT2D eigenvalue weighted by atomic mass is 35.5. The standard InChI is InChI=1S/C14H16ClNO4/c15-12-5-4-10(9-17)8-11(12)13(18)20-14(19)16-6-2-1-3-7-16/h4-5,8,17H,1-3,6-7,9H2. The number of ether oxygens (including phenoxy) is 1. The first-order valence-electron chi connectivity index (χ1n) is 6.52. The van der Waals surface area contributed by atoms with Crippen LogP contribution in [-0.4, -0.2) is 35.2 Å². The van der Waals surface area contributed by atoms with Gasteiger partial charge in [-0.05, 0) is 37.0 Å². The van der Waals surface area contributed by atoms with Crippen LogP contribution in [-0.2, 0) is 11.3 Å². The van der Waals surface area contributed by atoms with Gasteiger partial charge in [0.15, 0.2) is 0 Å². The van der Waals surface area contributed by atoms with Crippen molar-refractivity contribution in [1.82, 2.24) is 4.90 Å². The van der Waals surface area contributed by atoms with Crippen LogP contribution in [0.3, 0.4) is 0 Å². The number of esters is 1. The number of rotatable bonds is 2. The molecule has 2 rings (SSSR count). The SMILES string of the molecule is O=C(OC(=O)N1CCCCC1)c1cc(CO)ccc1Cl. The third kappa shape index (κ3) is 3.49. The highest BCUT2D eigenvalue weighted by Gasteiger charge is 2.22. The van der Waals surface area contributed by atoms with E-state index in [9.17, 15) is 9.59 Å². The lowest BCUT2D eigenvalue weighted by Gasteiger charge is -2.25. The Hall–Kier alpha value is -1.59. The Bertz CT molecular complexity index is 512. The minimum Gasteiger partial charge on any atom is -0.392 e. The van der Waals surface area contributed by atoms with Crippen molar-refractivity contribution >= 4 is 23.7 Å². The zero-order chi connectivity index (χ0) is 14.5. The molecule has 1 aliphatic rings. The number of aliphatic hydroxyl groups excluding tert-OH is 1. The van der Waals surface area contributed by atoms with Crippen LogP contribution in [0.5, 0.6) is 0 Å². The van der Waals surface area contributed by atoms with Crippen LogP contribution in [0.4, 0.5) is 4.79 Å². The number of halogens is 1. The molecule has 0 atom stereocenters. The molecule has 108 valence electrons. The van der Waals surface area contributed by atoms with Gasteiger partial charge in [-0.15, -0.1) is 0 Å². The van der Waals surface area contributed by atoms with E-state index < -0.39 is 12.1 Å². The number of carbonyl (C=O) groups excluding carboxylic acids is 2. The molecule has 1 aromatic rings. The zero-order valence-corrected chi connectivity index (χ0v) is 11.7. The van der Waals surface area contributed by atoms with E-state index in [1.165, 1.54) is 17.0 Å². The molecule has 0 aromatic heterocycles. The molecular weight excluding hydrogens is 282 g/mol. The maximum Gasteiger partial charge on any atom is 0.417 e. The van der Waals surface area contributed by atoms with Gasteiger partial charge in [0.1, 0.15) is 0 Å². The number of nitrogens with zero attached hydrogens (tertiary/aromatic N) is 1. The van der Waals surface area contributed by atoms with E-state index >= 15 is 0 Å². The number of benzene rings is 1. The first kappa shape index (κ1) is 14.8. The summed E-state index contributed by atoms with van der Waals surface area (Å²) in [6.45, 7) is 1.00. The van der Waals surface area contributed by atoms with E-state index in [1.54, 1.807) is 6.07 Å². The summed E-state index contributed by atoms with van der Waals surface area (Å²) in [6, 6.07) is 4.52. The number of hydrogen-bond donors (Lipinski definition) is 1. The summed E-state index contributed by atoms with van der Waals surface area (Å²) < 4.78 is 4.84. The van der Waals surface area contributed by atoms with E-state index in [0.29, 0.717) is 18.7 Å². The molecule has 0 spiro atoms. The Morgan fingerprint density at radius 2 is 1.95 bits per heavy atom. The smallest absolute Gasteiger partial charge is 0.392 e. The Kier molecular flexibility index (Phi) is 4.98. The Balaban J connectivity index is 2.05. The third-order valence-corrected chi connectivity index (χ3v) is 3.56. The minimum absolute atomic E-state index is 0.0866. The van der Waals surface area contributed by atoms with E-state index in [-0.39, 0.29) is 17.2 Å². The van der Waals surface area contributed by atoms with Gasteiger partial charge < -0.3 is 14.7 Å². The van der Waals surface area contributed by atoms with Gasteiger partial charge in [0.2, 0.25) is 0 Å². The van der Waals surface area contributed by atoms with Crippen LogP contribution in [0.1, 0.15) is 35.2 Å². The van der Waals surface area contributed by atoms with Gasteiger partial charge in [0.05, 0.1) is 17.2 Å². The van der Waals surface area contributed by atoms with Crippen molar-refractivity contribution < 1.29 is 19.4 Å². The third-order valence-electron chi connectivity index (χ3n) is 3.23. The van der Waals surface area contributed by atoms with Crippen molar-refractivity contribution in [3.8, 4) is 0 Å². The molecule has 1 amide bonds.